The minimum atomic E-state index is -0.401. The molecule has 1 aromatic carbocycles. The van der Waals surface area contributed by atoms with E-state index in [1.54, 1.807) is 30.6 Å². The summed E-state index contributed by atoms with van der Waals surface area (Å²) in [4.78, 5) is 30.2. The zero-order chi connectivity index (χ0) is 20.1. The summed E-state index contributed by atoms with van der Waals surface area (Å²) < 4.78 is 0. The predicted octanol–water partition coefficient (Wildman–Crippen LogP) is 2.87. The summed E-state index contributed by atoms with van der Waals surface area (Å²) in [5.74, 6) is 0. The van der Waals surface area contributed by atoms with Crippen molar-refractivity contribution in [2.45, 2.75) is 0 Å². The van der Waals surface area contributed by atoms with Crippen molar-refractivity contribution in [3.63, 3.8) is 0 Å². The molecule has 0 bridgehead atoms. The number of anilines is 1. The lowest BCUT2D eigenvalue weighted by Gasteiger charge is -2.11. The summed E-state index contributed by atoms with van der Waals surface area (Å²) in [6, 6.07) is 16.1. The smallest absolute Gasteiger partial charge is 0.319 e. The highest BCUT2D eigenvalue weighted by Crippen LogP contribution is 2.29. The average molecular weight is 386 g/mol. The standard InChI is InChI=1S/C21H18N6O2/c28-12-11-24-21(29)25-14-7-8-15-18(13-14)27-20(17-6-2-4-10-23-17)19(26-15)16-5-1-3-9-22-16/h1-10,13,28H,11-12H2,(H2,24,25,29). The normalized spacial score (nSPS) is 10.7. The molecule has 8 heteroatoms. The second-order valence-electron chi connectivity index (χ2n) is 6.16. The van der Waals surface area contributed by atoms with Gasteiger partial charge in [-0.1, -0.05) is 12.1 Å². The number of nitrogens with zero attached hydrogens (tertiary/aromatic N) is 4. The molecule has 3 heterocycles. The van der Waals surface area contributed by atoms with Crippen LogP contribution in [0.5, 0.6) is 0 Å². The third-order valence-electron chi connectivity index (χ3n) is 4.13. The number of hydrogen-bond acceptors (Lipinski definition) is 6. The molecule has 0 atom stereocenters. The van der Waals surface area contributed by atoms with E-state index in [9.17, 15) is 4.79 Å². The molecule has 0 radical (unpaired) electrons. The molecule has 2 amide bonds. The van der Waals surface area contributed by atoms with E-state index in [0.717, 1.165) is 0 Å². The van der Waals surface area contributed by atoms with Gasteiger partial charge in [0.1, 0.15) is 11.4 Å². The van der Waals surface area contributed by atoms with Gasteiger partial charge in [0.15, 0.2) is 0 Å². The predicted molar refractivity (Wildman–Crippen MR) is 110 cm³/mol. The molecule has 3 N–H and O–H groups in total. The number of fused-ring (bicyclic) bond motifs is 1. The number of nitrogens with one attached hydrogen (secondary N) is 2. The average Bonchev–Trinajstić information content (AvgIpc) is 2.78. The van der Waals surface area contributed by atoms with E-state index in [1.165, 1.54) is 0 Å². The maximum absolute atomic E-state index is 11.8. The molecule has 0 aliphatic rings. The summed E-state index contributed by atoms with van der Waals surface area (Å²) in [7, 11) is 0. The fourth-order valence-electron chi connectivity index (χ4n) is 2.84. The van der Waals surface area contributed by atoms with Gasteiger partial charge in [-0.05, 0) is 42.5 Å². The number of amides is 2. The largest absolute Gasteiger partial charge is 0.395 e. The lowest BCUT2D eigenvalue weighted by Crippen LogP contribution is -2.30. The Morgan fingerprint density at radius 2 is 1.52 bits per heavy atom. The van der Waals surface area contributed by atoms with E-state index in [2.05, 4.69) is 20.6 Å². The number of rotatable bonds is 5. The van der Waals surface area contributed by atoms with Gasteiger partial charge in [0.05, 0.1) is 29.0 Å². The van der Waals surface area contributed by atoms with Gasteiger partial charge in [0.2, 0.25) is 0 Å². The first kappa shape index (κ1) is 18.5. The van der Waals surface area contributed by atoms with Crippen LogP contribution in [0.3, 0.4) is 0 Å². The Labute approximate surface area is 166 Å². The zero-order valence-electron chi connectivity index (χ0n) is 15.4. The van der Waals surface area contributed by atoms with Crippen molar-refractivity contribution < 1.29 is 9.90 Å². The van der Waals surface area contributed by atoms with E-state index < -0.39 is 6.03 Å². The van der Waals surface area contributed by atoms with E-state index in [4.69, 9.17) is 15.1 Å². The number of aliphatic hydroxyl groups excluding tert-OH is 1. The first-order valence-electron chi connectivity index (χ1n) is 9.05. The topological polar surface area (TPSA) is 113 Å². The second-order valence-corrected chi connectivity index (χ2v) is 6.16. The molecule has 0 aliphatic carbocycles. The molecular formula is C21H18N6O2. The van der Waals surface area contributed by atoms with Gasteiger partial charge in [-0.25, -0.2) is 14.8 Å². The number of aliphatic hydroxyl groups is 1. The van der Waals surface area contributed by atoms with Crippen LogP contribution in [0.2, 0.25) is 0 Å². The van der Waals surface area contributed by atoms with Crippen molar-refractivity contribution >= 4 is 22.8 Å². The molecule has 29 heavy (non-hydrogen) atoms. The van der Waals surface area contributed by atoms with Crippen molar-refractivity contribution in [3.8, 4) is 22.8 Å². The van der Waals surface area contributed by atoms with Gasteiger partial charge in [0, 0.05) is 24.6 Å². The van der Waals surface area contributed by atoms with Crippen LogP contribution in [0.25, 0.3) is 33.8 Å². The van der Waals surface area contributed by atoms with Gasteiger partial charge >= 0.3 is 6.03 Å². The Hall–Kier alpha value is -3.91. The van der Waals surface area contributed by atoms with E-state index in [1.807, 2.05) is 36.4 Å². The molecule has 4 rings (SSSR count). The monoisotopic (exact) mass is 386 g/mol. The lowest BCUT2D eigenvalue weighted by atomic mass is 10.1. The maximum Gasteiger partial charge on any atom is 0.319 e. The van der Waals surface area contributed by atoms with Crippen molar-refractivity contribution in [2.75, 3.05) is 18.5 Å². The summed E-state index contributed by atoms with van der Waals surface area (Å²) in [5, 5.41) is 14.1. The van der Waals surface area contributed by atoms with Crippen molar-refractivity contribution in [2.24, 2.45) is 0 Å². The van der Waals surface area contributed by atoms with Crippen LogP contribution in [0, 0.1) is 0 Å². The van der Waals surface area contributed by atoms with Crippen LogP contribution >= 0.6 is 0 Å². The van der Waals surface area contributed by atoms with Crippen LogP contribution < -0.4 is 10.6 Å². The summed E-state index contributed by atoms with van der Waals surface area (Å²) in [5.41, 5.74) is 4.49. The molecular weight excluding hydrogens is 368 g/mol. The second kappa shape index (κ2) is 8.41. The van der Waals surface area contributed by atoms with Crippen LogP contribution in [0.15, 0.2) is 67.0 Å². The highest BCUT2D eigenvalue weighted by atomic mass is 16.3. The number of urea groups is 1. The Morgan fingerprint density at radius 3 is 2.10 bits per heavy atom. The Kier molecular flexibility index (Phi) is 5.35. The molecule has 144 valence electrons. The van der Waals surface area contributed by atoms with Gasteiger partial charge < -0.3 is 15.7 Å². The first-order valence-corrected chi connectivity index (χ1v) is 9.05. The van der Waals surface area contributed by atoms with Gasteiger partial charge in [-0.2, -0.15) is 0 Å². The molecule has 3 aromatic heterocycles. The Bertz CT molecular complexity index is 1140. The molecule has 0 fully saturated rings. The van der Waals surface area contributed by atoms with E-state index >= 15 is 0 Å². The van der Waals surface area contributed by atoms with Crippen LogP contribution in [-0.2, 0) is 0 Å². The third-order valence-corrected chi connectivity index (χ3v) is 4.13. The van der Waals surface area contributed by atoms with Crippen LogP contribution in [-0.4, -0.2) is 44.2 Å². The van der Waals surface area contributed by atoms with E-state index in [0.29, 0.717) is 39.5 Å². The first-order chi connectivity index (χ1) is 14.2. The number of aromatic nitrogens is 4. The maximum atomic E-state index is 11.8. The van der Waals surface area contributed by atoms with Gasteiger partial charge in [-0.3, -0.25) is 9.97 Å². The quantitative estimate of drug-likeness (QED) is 0.486. The van der Waals surface area contributed by atoms with Gasteiger partial charge in [-0.15, -0.1) is 0 Å². The zero-order valence-corrected chi connectivity index (χ0v) is 15.4. The minimum absolute atomic E-state index is 0.125. The SMILES string of the molecule is O=C(NCCO)Nc1ccc2nc(-c3ccccn3)c(-c3ccccn3)nc2c1. The number of benzene rings is 1. The fourth-order valence-corrected chi connectivity index (χ4v) is 2.84. The van der Waals surface area contributed by atoms with Gasteiger partial charge in [0.25, 0.3) is 0 Å². The Morgan fingerprint density at radius 1 is 0.862 bits per heavy atom. The summed E-state index contributed by atoms with van der Waals surface area (Å²) in [6.45, 7) is 0.0524. The number of carbonyl (C=O) groups is 1. The molecule has 0 aliphatic heterocycles. The molecule has 0 saturated carbocycles. The Balaban J connectivity index is 1.79. The van der Waals surface area contributed by atoms with Crippen LogP contribution in [0.1, 0.15) is 0 Å². The third kappa shape index (κ3) is 4.17. The fraction of sp³-hybridized carbons (Fsp3) is 0.0952. The number of carbonyl (C=O) groups excluding carboxylic acids is 1. The summed E-state index contributed by atoms with van der Waals surface area (Å²) >= 11 is 0. The summed E-state index contributed by atoms with van der Waals surface area (Å²) in [6.07, 6.45) is 3.41. The number of pyridine rings is 2. The van der Waals surface area contributed by atoms with Crippen molar-refractivity contribution in [3.05, 3.63) is 67.0 Å². The molecule has 0 unspecified atom stereocenters. The minimum Gasteiger partial charge on any atom is -0.395 e. The highest BCUT2D eigenvalue weighted by Gasteiger charge is 2.15. The lowest BCUT2D eigenvalue weighted by molar-refractivity contribution is 0.245. The van der Waals surface area contributed by atoms with Crippen LogP contribution in [0.4, 0.5) is 10.5 Å². The van der Waals surface area contributed by atoms with Crippen molar-refractivity contribution in [1.29, 1.82) is 0 Å². The molecule has 4 aromatic rings. The molecule has 0 spiro atoms. The molecule has 8 nitrogen and oxygen atoms in total. The highest BCUT2D eigenvalue weighted by molar-refractivity contribution is 5.93. The van der Waals surface area contributed by atoms with Crippen molar-refractivity contribution in [1.82, 2.24) is 25.3 Å². The van der Waals surface area contributed by atoms with E-state index in [-0.39, 0.29) is 13.2 Å². The molecule has 0 saturated heterocycles. The number of hydrogen-bond donors (Lipinski definition) is 3.